The number of hydrogen-bond donors (Lipinski definition) is 3. The molecule has 0 fully saturated rings. The summed E-state index contributed by atoms with van der Waals surface area (Å²) in [5, 5.41) is 24.4. The molecule has 0 aliphatic heterocycles. The zero-order valence-electron chi connectivity index (χ0n) is 16.3. The van der Waals surface area contributed by atoms with E-state index in [4.69, 9.17) is 4.42 Å². The molecule has 3 N–H and O–H groups in total. The maximum absolute atomic E-state index is 14.1. The van der Waals surface area contributed by atoms with Crippen LogP contribution in [0.25, 0.3) is 10.8 Å². The summed E-state index contributed by atoms with van der Waals surface area (Å²) in [4.78, 5) is 12.0. The van der Waals surface area contributed by atoms with E-state index in [-0.39, 0.29) is 28.6 Å². The molecule has 9 heteroatoms. The Morgan fingerprint density at radius 3 is 2.61 bits per heavy atom. The zero-order valence-corrected chi connectivity index (χ0v) is 16.3. The maximum Gasteiger partial charge on any atom is 0.419 e. The molecule has 0 spiro atoms. The minimum atomic E-state index is -5.02. The molecular weight excluding hydrogens is 418 g/mol. The Hall–Kier alpha value is -3.07. The molecule has 0 bridgehead atoms. The third-order valence-corrected chi connectivity index (χ3v) is 5.98. The topological polar surface area (TPSA) is 82.7 Å². The number of phenolic OH excluding ortho intramolecular Hbond substituents is 1. The van der Waals surface area contributed by atoms with Crippen molar-refractivity contribution in [1.29, 1.82) is 0 Å². The molecule has 3 atom stereocenters. The monoisotopic (exact) mass is 437 g/mol. The first-order chi connectivity index (χ1) is 14.6. The van der Waals surface area contributed by atoms with E-state index in [0.29, 0.717) is 5.39 Å². The molecule has 1 heterocycles. The molecule has 1 aromatic heterocycles. The van der Waals surface area contributed by atoms with E-state index < -0.39 is 47.4 Å². The van der Waals surface area contributed by atoms with Crippen LogP contribution in [-0.4, -0.2) is 22.0 Å². The minimum absolute atomic E-state index is 0.0358. The van der Waals surface area contributed by atoms with Gasteiger partial charge in [0.25, 0.3) is 0 Å². The fourth-order valence-corrected chi connectivity index (χ4v) is 4.39. The molecule has 5 nitrogen and oxygen atoms in total. The van der Waals surface area contributed by atoms with Crippen LogP contribution in [0.4, 0.5) is 23.2 Å². The van der Waals surface area contributed by atoms with Gasteiger partial charge in [-0.15, -0.1) is 0 Å². The lowest BCUT2D eigenvalue weighted by Gasteiger charge is -2.45. The van der Waals surface area contributed by atoms with Gasteiger partial charge in [-0.3, -0.25) is 0 Å². The predicted octanol–water partition coefficient (Wildman–Crippen LogP) is 4.98. The average molecular weight is 437 g/mol. The van der Waals surface area contributed by atoms with Crippen molar-refractivity contribution < 1.29 is 32.2 Å². The predicted molar refractivity (Wildman–Crippen MR) is 106 cm³/mol. The van der Waals surface area contributed by atoms with Crippen LogP contribution < -0.4 is 10.9 Å². The van der Waals surface area contributed by atoms with Crippen LogP contribution in [0, 0.1) is 5.82 Å². The number of alkyl halides is 3. The van der Waals surface area contributed by atoms with Crippen molar-refractivity contribution >= 4 is 16.5 Å². The number of benzene rings is 2. The summed E-state index contributed by atoms with van der Waals surface area (Å²) in [6, 6.07) is 6.07. The van der Waals surface area contributed by atoms with Crippen molar-refractivity contribution in [2.75, 3.05) is 5.32 Å². The summed E-state index contributed by atoms with van der Waals surface area (Å²) in [7, 11) is 0. The summed E-state index contributed by atoms with van der Waals surface area (Å²) in [5.41, 5.74) is -3.73. The molecule has 164 valence electrons. The van der Waals surface area contributed by atoms with Gasteiger partial charge in [0.05, 0.1) is 17.7 Å². The van der Waals surface area contributed by atoms with Crippen molar-refractivity contribution in [1.82, 2.24) is 0 Å². The third-order valence-electron chi connectivity index (χ3n) is 5.98. The van der Waals surface area contributed by atoms with Crippen molar-refractivity contribution in [2.45, 2.75) is 43.5 Å². The van der Waals surface area contributed by atoms with Crippen molar-refractivity contribution in [3.05, 3.63) is 70.0 Å². The number of phenols is 1. The lowest BCUT2D eigenvalue weighted by molar-refractivity contribution is -0.272. The minimum Gasteiger partial charge on any atom is -0.505 e. The normalized spacial score (nSPS) is 23.5. The van der Waals surface area contributed by atoms with E-state index in [1.54, 1.807) is 6.92 Å². The van der Waals surface area contributed by atoms with Crippen molar-refractivity contribution in [3.63, 3.8) is 0 Å². The fraction of sp³-hybridized carbons (Fsp3) is 0.318. The van der Waals surface area contributed by atoms with E-state index >= 15 is 0 Å². The number of aromatic hydroxyl groups is 1. The van der Waals surface area contributed by atoms with Crippen LogP contribution in [-0.2, 0) is 0 Å². The zero-order chi connectivity index (χ0) is 22.6. The Labute approximate surface area is 173 Å². The number of anilines is 1. The molecule has 0 saturated carbocycles. The highest BCUT2D eigenvalue weighted by Gasteiger charge is 2.62. The Balaban J connectivity index is 1.95. The Bertz CT molecular complexity index is 1210. The molecule has 0 unspecified atom stereocenters. The second kappa shape index (κ2) is 7.26. The van der Waals surface area contributed by atoms with Gasteiger partial charge in [-0.1, -0.05) is 19.1 Å². The van der Waals surface area contributed by atoms with Crippen LogP contribution in [0.1, 0.15) is 42.9 Å². The van der Waals surface area contributed by atoms with Gasteiger partial charge in [0.2, 0.25) is 0 Å². The molecule has 1 aliphatic rings. The standard InChI is InChI=1S/C22H19F4NO4/c1-2-11-10-21(30,22(24,25)26)19(14-6-7-15(23)18(28)17(11)14)27-16-5-3-4-13-12(16)8-9-31-20(13)29/h3-9,11,19,27-28,30H,2,10H2,1H3/t11-,19+,21-/m1/s1. The van der Waals surface area contributed by atoms with Crippen LogP contribution in [0.15, 0.2) is 51.9 Å². The number of halogens is 4. The lowest BCUT2D eigenvalue weighted by Crippen LogP contribution is -2.55. The molecule has 3 aromatic rings. The van der Waals surface area contributed by atoms with Crippen LogP contribution in [0.5, 0.6) is 5.75 Å². The third kappa shape index (κ3) is 3.23. The Kier molecular flexibility index (Phi) is 4.96. The molecule has 4 rings (SSSR count). The second-order valence-electron chi connectivity index (χ2n) is 7.68. The first-order valence-electron chi connectivity index (χ1n) is 9.66. The summed E-state index contributed by atoms with van der Waals surface area (Å²) in [5.74, 6) is -2.58. The maximum atomic E-state index is 14.1. The van der Waals surface area contributed by atoms with Gasteiger partial charge in [-0.25, -0.2) is 9.18 Å². The quantitative estimate of drug-likeness (QED) is 0.504. The van der Waals surface area contributed by atoms with Crippen molar-refractivity contribution in [2.24, 2.45) is 0 Å². The van der Waals surface area contributed by atoms with Gasteiger partial charge in [0.15, 0.2) is 17.2 Å². The molecule has 31 heavy (non-hydrogen) atoms. The number of hydrogen-bond acceptors (Lipinski definition) is 5. The first kappa shape index (κ1) is 21.2. The van der Waals surface area contributed by atoms with E-state index in [2.05, 4.69) is 5.32 Å². The van der Waals surface area contributed by atoms with Gasteiger partial charge < -0.3 is 19.9 Å². The average Bonchev–Trinajstić information content (AvgIpc) is 2.72. The molecular formula is C22H19F4NO4. The molecule has 2 aromatic carbocycles. The largest absolute Gasteiger partial charge is 0.505 e. The van der Waals surface area contributed by atoms with Gasteiger partial charge in [0, 0.05) is 16.6 Å². The van der Waals surface area contributed by atoms with E-state index in [1.165, 1.54) is 24.3 Å². The van der Waals surface area contributed by atoms with Crippen LogP contribution >= 0.6 is 0 Å². The summed E-state index contributed by atoms with van der Waals surface area (Å²) >= 11 is 0. The smallest absolute Gasteiger partial charge is 0.419 e. The highest BCUT2D eigenvalue weighted by molar-refractivity contribution is 5.93. The Morgan fingerprint density at radius 2 is 1.94 bits per heavy atom. The van der Waals surface area contributed by atoms with Crippen molar-refractivity contribution in [3.8, 4) is 5.75 Å². The SMILES string of the molecule is CC[C@@H]1C[C@](O)(C(F)(F)F)[C@@H](Nc2cccc3c(=O)occc23)c2ccc(F)c(O)c21. The van der Waals surface area contributed by atoms with Crippen LogP contribution in [0.3, 0.4) is 0 Å². The van der Waals surface area contributed by atoms with Gasteiger partial charge >= 0.3 is 11.8 Å². The number of aliphatic hydroxyl groups is 1. The van der Waals surface area contributed by atoms with Gasteiger partial charge in [-0.05, 0) is 48.6 Å². The number of rotatable bonds is 3. The second-order valence-corrected chi connectivity index (χ2v) is 7.68. The summed E-state index contributed by atoms with van der Waals surface area (Å²) < 4.78 is 61.3. The van der Waals surface area contributed by atoms with Gasteiger partial charge in [-0.2, -0.15) is 13.2 Å². The van der Waals surface area contributed by atoms with E-state index in [1.807, 2.05) is 0 Å². The highest BCUT2D eigenvalue weighted by atomic mass is 19.4. The lowest BCUT2D eigenvalue weighted by atomic mass is 9.69. The summed E-state index contributed by atoms with van der Waals surface area (Å²) in [6.45, 7) is 1.60. The molecule has 1 aliphatic carbocycles. The highest BCUT2D eigenvalue weighted by Crippen LogP contribution is 2.55. The van der Waals surface area contributed by atoms with Gasteiger partial charge in [0.1, 0.15) is 0 Å². The summed E-state index contributed by atoms with van der Waals surface area (Å²) in [6.07, 6.45) is -4.51. The van der Waals surface area contributed by atoms with E-state index in [9.17, 15) is 32.6 Å². The molecule has 0 amide bonds. The Morgan fingerprint density at radius 1 is 1.19 bits per heavy atom. The first-order valence-corrected chi connectivity index (χ1v) is 9.66. The fourth-order valence-electron chi connectivity index (χ4n) is 4.39. The molecule has 0 saturated heterocycles. The van der Waals surface area contributed by atoms with E-state index in [0.717, 1.165) is 18.4 Å². The number of nitrogens with one attached hydrogen (secondary N) is 1. The molecule has 0 radical (unpaired) electrons. The number of fused-ring (bicyclic) bond motifs is 2. The van der Waals surface area contributed by atoms with Crippen LogP contribution in [0.2, 0.25) is 0 Å².